The van der Waals surface area contributed by atoms with Crippen molar-refractivity contribution in [3.8, 4) is 0 Å². The van der Waals surface area contributed by atoms with Crippen molar-refractivity contribution in [3.63, 3.8) is 0 Å². The van der Waals surface area contributed by atoms with Gasteiger partial charge in [0.25, 0.3) is 5.91 Å². The molecule has 1 fully saturated rings. The van der Waals surface area contributed by atoms with Crippen LogP contribution < -0.4 is 5.32 Å². The van der Waals surface area contributed by atoms with Crippen LogP contribution in [0.5, 0.6) is 0 Å². The van der Waals surface area contributed by atoms with Crippen molar-refractivity contribution in [1.82, 2.24) is 20.2 Å². The highest BCUT2D eigenvalue weighted by Crippen LogP contribution is 2.24. The fraction of sp³-hybridized carbons (Fsp3) is 0.400. The Labute approximate surface area is 192 Å². The van der Waals surface area contributed by atoms with Gasteiger partial charge in [-0.1, -0.05) is 18.2 Å². The number of aromatic amines is 2. The van der Waals surface area contributed by atoms with E-state index in [2.05, 4.69) is 21.4 Å². The van der Waals surface area contributed by atoms with Gasteiger partial charge in [0.2, 0.25) is 5.91 Å². The molecule has 2 amide bonds. The minimum absolute atomic E-state index is 0.0259. The van der Waals surface area contributed by atoms with E-state index in [0.717, 1.165) is 24.8 Å². The SMILES string of the molecule is COC(=O)c1c(C)[nH]c(C(=O)N2CCCC(C(=O)NCCc3c[nH]c4ccccc34)C2)c1C. The van der Waals surface area contributed by atoms with Crippen LogP contribution >= 0.6 is 0 Å². The number of benzene rings is 1. The van der Waals surface area contributed by atoms with Crippen molar-refractivity contribution >= 4 is 28.7 Å². The molecular weight excluding hydrogens is 420 g/mol. The van der Waals surface area contributed by atoms with Crippen LogP contribution in [-0.4, -0.2) is 59.4 Å². The van der Waals surface area contributed by atoms with Gasteiger partial charge >= 0.3 is 5.97 Å². The monoisotopic (exact) mass is 450 g/mol. The van der Waals surface area contributed by atoms with E-state index in [1.165, 1.54) is 18.1 Å². The van der Waals surface area contributed by atoms with Gasteiger partial charge in [-0.2, -0.15) is 0 Å². The minimum atomic E-state index is -0.466. The number of rotatable bonds is 6. The zero-order valence-corrected chi connectivity index (χ0v) is 19.3. The van der Waals surface area contributed by atoms with E-state index in [9.17, 15) is 14.4 Å². The molecule has 4 rings (SSSR count). The van der Waals surface area contributed by atoms with Crippen molar-refractivity contribution < 1.29 is 19.1 Å². The number of likely N-dealkylation sites (tertiary alicyclic amines) is 1. The maximum atomic E-state index is 13.2. The van der Waals surface area contributed by atoms with Crippen LogP contribution in [0.4, 0.5) is 0 Å². The normalized spacial score (nSPS) is 16.1. The molecule has 1 unspecified atom stereocenters. The maximum Gasteiger partial charge on any atom is 0.339 e. The van der Waals surface area contributed by atoms with Crippen LogP contribution in [0.2, 0.25) is 0 Å². The summed E-state index contributed by atoms with van der Waals surface area (Å²) in [5.41, 5.74) is 4.22. The molecule has 33 heavy (non-hydrogen) atoms. The Bertz CT molecular complexity index is 1190. The van der Waals surface area contributed by atoms with Gasteiger partial charge in [-0.05, 0) is 50.3 Å². The van der Waals surface area contributed by atoms with Gasteiger partial charge in [-0.15, -0.1) is 0 Å². The number of carbonyl (C=O) groups excluding carboxylic acids is 3. The highest BCUT2D eigenvalue weighted by Gasteiger charge is 2.31. The summed E-state index contributed by atoms with van der Waals surface area (Å²) >= 11 is 0. The number of piperidine rings is 1. The summed E-state index contributed by atoms with van der Waals surface area (Å²) in [6.07, 6.45) is 4.23. The highest BCUT2D eigenvalue weighted by atomic mass is 16.5. The molecule has 1 aliphatic rings. The number of carbonyl (C=O) groups is 3. The lowest BCUT2D eigenvalue weighted by Crippen LogP contribution is -2.46. The zero-order valence-electron chi connectivity index (χ0n) is 19.3. The summed E-state index contributed by atoms with van der Waals surface area (Å²) in [6.45, 7) is 4.98. The van der Waals surface area contributed by atoms with Gasteiger partial charge in [0, 0.05) is 42.4 Å². The fourth-order valence-corrected chi connectivity index (χ4v) is 4.71. The van der Waals surface area contributed by atoms with E-state index >= 15 is 0 Å². The van der Waals surface area contributed by atoms with E-state index in [4.69, 9.17) is 4.74 Å². The second kappa shape index (κ2) is 9.52. The standard InChI is InChI=1S/C25H30N4O4/c1-15-21(25(32)33-3)16(2)28-22(15)24(31)29-12-6-7-18(14-29)23(30)26-11-10-17-13-27-20-9-5-4-8-19(17)20/h4-5,8-9,13,18,27-28H,6-7,10-12,14H2,1-3H3,(H,26,30). The van der Waals surface area contributed by atoms with E-state index in [1.807, 2.05) is 24.4 Å². The first-order chi connectivity index (χ1) is 15.9. The Morgan fingerprint density at radius 1 is 1.21 bits per heavy atom. The van der Waals surface area contributed by atoms with Crippen LogP contribution in [0.25, 0.3) is 10.9 Å². The second-order valence-electron chi connectivity index (χ2n) is 8.61. The zero-order chi connectivity index (χ0) is 23.5. The number of ether oxygens (including phenoxy) is 1. The Morgan fingerprint density at radius 2 is 2.00 bits per heavy atom. The molecule has 8 nitrogen and oxygen atoms in total. The number of amides is 2. The summed E-state index contributed by atoms with van der Waals surface area (Å²) in [6, 6.07) is 8.11. The Kier molecular flexibility index (Phi) is 6.53. The Morgan fingerprint density at radius 3 is 2.79 bits per heavy atom. The topological polar surface area (TPSA) is 107 Å². The number of aryl methyl sites for hydroxylation is 1. The van der Waals surface area contributed by atoms with Crippen molar-refractivity contribution in [3.05, 3.63) is 58.5 Å². The third-order valence-electron chi connectivity index (χ3n) is 6.49. The molecule has 1 atom stereocenters. The molecule has 0 radical (unpaired) electrons. The van der Waals surface area contributed by atoms with Gasteiger partial charge in [0.05, 0.1) is 18.6 Å². The van der Waals surface area contributed by atoms with Crippen molar-refractivity contribution in [2.75, 3.05) is 26.7 Å². The number of nitrogens with zero attached hydrogens (tertiary/aromatic N) is 1. The number of hydrogen-bond donors (Lipinski definition) is 3. The summed E-state index contributed by atoms with van der Waals surface area (Å²) in [5, 5.41) is 4.21. The first kappa shape index (κ1) is 22.6. The molecular formula is C25H30N4O4. The number of H-pyrrole nitrogens is 2. The Hall–Kier alpha value is -3.55. The first-order valence-corrected chi connectivity index (χ1v) is 11.3. The molecule has 174 valence electrons. The Balaban J connectivity index is 1.36. The van der Waals surface area contributed by atoms with Crippen LogP contribution in [-0.2, 0) is 16.0 Å². The predicted molar refractivity (Wildman–Crippen MR) is 125 cm³/mol. The largest absolute Gasteiger partial charge is 0.465 e. The maximum absolute atomic E-state index is 13.2. The second-order valence-corrected chi connectivity index (χ2v) is 8.61. The molecule has 3 N–H and O–H groups in total. The fourth-order valence-electron chi connectivity index (χ4n) is 4.71. The van der Waals surface area contributed by atoms with Crippen molar-refractivity contribution in [2.45, 2.75) is 33.1 Å². The molecule has 3 heterocycles. The number of hydrogen-bond acceptors (Lipinski definition) is 4. The summed E-state index contributed by atoms with van der Waals surface area (Å²) < 4.78 is 4.83. The molecule has 0 saturated carbocycles. The number of aromatic nitrogens is 2. The minimum Gasteiger partial charge on any atom is -0.465 e. The van der Waals surface area contributed by atoms with E-state index < -0.39 is 5.97 Å². The summed E-state index contributed by atoms with van der Waals surface area (Å²) in [4.78, 5) is 46.0. The molecule has 0 bridgehead atoms. The smallest absolute Gasteiger partial charge is 0.339 e. The van der Waals surface area contributed by atoms with Gasteiger partial charge in [0.1, 0.15) is 5.69 Å². The van der Waals surface area contributed by atoms with E-state index in [1.54, 1.807) is 18.7 Å². The number of para-hydroxylation sites is 1. The van der Waals surface area contributed by atoms with Crippen molar-refractivity contribution in [1.29, 1.82) is 0 Å². The summed E-state index contributed by atoms with van der Waals surface area (Å²) in [5.74, 6) is -0.933. The summed E-state index contributed by atoms with van der Waals surface area (Å²) in [7, 11) is 1.32. The third-order valence-corrected chi connectivity index (χ3v) is 6.49. The van der Waals surface area contributed by atoms with E-state index in [0.29, 0.717) is 42.1 Å². The molecule has 1 aromatic carbocycles. The number of methoxy groups -OCH3 is 1. The quantitative estimate of drug-likeness (QED) is 0.502. The molecule has 8 heteroatoms. The third kappa shape index (κ3) is 4.51. The number of esters is 1. The average Bonchev–Trinajstić information content (AvgIpc) is 3.38. The van der Waals surface area contributed by atoms with E-state index in [-0.39, 0.29) is 17.7 Å². The molecule has 1 saturated heterocycles. The predicted octanol–water partition coefficient (Wildman–Crippen LogP) is 3.11. The van der Waals surface area contributed by atoms with Gasteiger partial charge in [0.15, 0.2) is 0 Å². The average molecular weight is 451 g/mol. The number of fused-ring (bicyclic) bond motifs is 1. The molecule has 3 aromatic rings. The van der Waals surface area contributed by atoms with Gasteiger partial charge < -0.3 is 24.9 Å². The van der Waals surface area contributed by atoms with Crippen LogP contribution in [0.3, 0.4) is 0 Å². The molecule has 1 aliphatic heterocycles. The number of nitrogens with one attached hydrogen (secondary N) is 3. The van der Waals surface area contributed by atoms with Gasteiger partial charge in [-0.25, -0.2) is 4.79 Å². The van der Waals surface area contributed by atoms with Crippen molar-refractivity contribution in [2.24, 2.45) is 5.92 Å². The lowest BCUT2D eigenvalue weighted by Gasteiger charge is -2.32. The highest BCUT2D eigenvalue weighted by molar-refractivity contribution is 6.00. The molecule has 0 spiro atoms. The lowest BCUT2D eigenvalue weighted by atomic mass is 9.96. The molecule has 0 aliphatic carbocycles. The first-order valence-electron chi connectivity index (χ1n) is 11.3. The van der Waals surface area contributed by atoms with Crippen LogP contribution in [0.15, 0.2) is 30.5 Å². The van der Waals surface area contributed by atoms with Crippen LogP contribution in [0.1, 0.15) is 50.5 Å². The van der Waals surface area contributed by atoms with Crippen LogP contribution in [0, 0.1) is 19.8 Å². The molecule has 2 aromatic heterocycles. The lowest BCUT2D eigenvalue weighted by molar-refractivity contribution is -0.126. The van der Waals surface area contributed by atoms with Gasteiger partial charge in [-0.3, -0.25) is 9.59 Å².